The minimum atomic E-state index is -2.24. The molecule has 1 unspecified atom stereocenters. The fourth-order valence-electron chi connectivity index (χ4n) is 6.60. The predicted molar refractivity (Wildman–Crippen MR) is 94.1 cm³/mol. The number of phenols is 1. The Balaban J connectivity index is 1.62. The molecule has 5 heteroatoms. The first-order valence-corrected chi connectivity index (χ1v) is 9.78. The lowest BCUT2D eigenvalue weighted by atomic mass is 9.48. The second-order valence-electron chi connectivity index (χ2n) is 9.16. The lowest BCUT2D eigenvalue weighted by Crippen LogP contribution is -2.80. The third-order valence-electron chi connectivity index (χ3n) is 7.92. The number of hydrogen-bond donors (Lipinski definition) is 2. The summed E-state index contributed by atoms with van der Waals surface area (Å²) in [6.45, 7) is -1.29. The maximum atomic E-state index is 12.9. The zero-order chi connectivity index (χ0) is 20.4. The minimum absolute atomic E-state index is 0.0127. The van der Waals surface area contributed by atoms with E-state index in [4.69, 9.17) is 8.85 Å². The number of benzene rings is 1. The molecule has 0 amide bonds. The van der Waals surface area contributed by atoms with Crippen molar-refractivity contribution in [1.82, 2.24) is 0 Å². The van der Waals surface area contributed by atoms with Crippen LogP contribution in [-0.4, -0.2) is 58.3 Å². The second-order valence-corrected chi connectivity index (χ2v) is 9.16. The van der Waals surface area contributed by atoms with Crippen molar-refractivity contribution < 1.29 is 28.3 Å². The highest BCUT2D eigenvalue weighted by molar-refractivity contribution is 5.90. The van der Waals surface area contributed by atoms with E-state index in [1.54, 1.807) is 6.07 Å². The van der Waals surface area contributed by atoms with Crippen molar-refractivity contribution >= 4 is 5.78 Å². The summed E-state index contributed by atoms with van der Waals surface area (Å²) in [6.07, 6.45) is 2.49. The third kappa shape index (κ3) is 1.55. The molecule has 2 saturated carbocycles. The Labute approximate surface area is 157 Å². The molecule has 0 radical (unpaired) electrons. The average molecular weight is 359 g/mol. The Hall–Kier alpha value is -1.59. The van der Waals surface area contributed by atoms with Crippen LogP contribution >= 0.6 is 0 Å². The van der Waals surface area contributed by atoms with Crippen LogP contribution in [0.4, 0.5) is 0 Å². The van der Waals surface area contributed by atoms with Crippen LogP contribution in [0.15, 0.2) is 12.1 Å². The number of carbonyl (C=O) groups excluding carboxylic acids is 1. The molecule has 1 spiro atoms. The Morgan fingerprint density at radius 2 is 2.23 bits per heavy atom. The number of likely N-dealkylation sites (tertiary alicyclic amines) is 1. The van der Waals surface area contributed by atoms with E-state index in [1.165, 1.54) is 0 Å². The van der Waals surface area contributed by atoms with Gasteiger partial charge in [-0.25, -0.2) is 0 Å². The number of aliphatic hydroxyl groups is 1. The first kappa shape index (κ1) is 12.7. The normalized spacial score (nSPS) is 47.4. The average Bonchev–Trinajstić information content (AvgIpc) is 3.38. The van der Waals surface area contributed by atoms with Crippen molar-refractivity contribution in [2.24, 2.45) is 5.92 Å². The van der Waals surface area contributed by atoms with Gasteiger partial charge in [0.15, 0.2) is 23.4 Å². The quantitative estimate of drug-likeness (QED) is 0.789. The second kappa shape index (κ2) is 4.45. The fraction of sp³-hybridized carbons (Fsp3) is 0.667. The fourth-order valence-corrected chi connectivity index (χ4v) is 6.60. The largest absolute Gasteiger partial charge is 0.504 e. The lowest BCUT2D eigenvalue weighted by Gasteiger charge is -2.64. The minimum Gasteiger partial charge on any atom is -0.504 e. The van der Waals surface area contributed by atoms with Gasteiger partial charge in [0.25, 0.3) is 0 Å². The first-order chi connectivity index (χ1) is 13.6. The maximum absolute atomic E-state index is 12.9. The summed E-state index contributed by atoms with van der Waals surface area (Å²) in [7, 11) is 0. The number of quaternary nitrogens is 1. The molecule has 5 aliphatic rings. The van der Waals surface area contributed by atoms with Gasteiger partial charge in [-0.15, -0.1) is 0 Å². The molecule has 1 saturated heterocycles. The standard InChI is InChI=1S/C21H25NO4/c1-22(11-12-2-3-12)9-8-20-17-13-4-5-14(23)18(17)26-19(20)15(24)6-7-21(20,25)16(22)10-13/h4-5,12,16,19,25H,2-3,6-11H2,1H3/p+1/t16-,19+,20+,21-,22?/m1/s1/i1D3. The monoisotopic (exact) mass is 359 g/mol. The highest BCUT2D eigenvalue weighted by atomic mass is 16.5. The molecule has 5 nitrogen and oxygen atoms in total. The van der Waals surface area contributed by atoms with E-state index in [9.17, 15) is 15.0 Å². The molecule has 3 aliphatic carbocycles. The van der Waals surface area contributed by atoms with Crippen LogP contribution in [0.3, 0.4) is 0 Å². The molecular formula is C21H26NO4+. The van der Waals surface area contributed by atoms with Gasteiger partial charge in [0.1, 0.15) is 11.6 Å². The van der Waals surface area contributed by atoms with Gasteiger partial charge in [-0.1, -0.05) is 6.07 Å². The van der Waals surface area contributed by atoms with Crippen LogP contribution < -0.4 is 4.74 Å². The Kier molecular flexibility index (Phi) is 2.18. The number of Topliss-reactive ketones (excluding diaryl/α,β-unsaturated/α-hetero) is 1. The molecule has 1 aromatic rings. The lowest BCUT2D eigenvalue weighted by molar-refractivity contribution is -0.950. The third-order valence-corrected chi connectivity index (χ3v) is 7.92. The molecule has 2 bridgehead atoms. The van der Waals surface area contributed by atoms with E-state index >= 15 is 0 Å². The van der Waals surface area contributed by atoms with Gasteiger partial charge >= 0.3 is 0 Å². The number of piperidine rings is 1. The smallest absolute Gasteiger partial charge is 0.174 e. The number of aromatic hydroxyl groups is 1. The van der Waals surface area contributed by atoms with E-state index in [-0.39, 0.29) is 28.9 Å². The van der Waals surface area contributed by atoms with Gasteiger partial charge in [-0.05, 0) is 30.9 Å². The van der Waals surface area contributed by atoms with Crippen LogP contribution in [0.25, 0.3) is 0 Å². The Bertz CT molecular complexity index is 945. The summed E-state index contributed by atoms with van der Waals surface area (Å²) >= 11 is 0. The molecule has 1 aromatic carbocycles. The molecule has 2 N–H and O–H groups in total. The van der Waals surface area contributed by atoms with E-state index < -0.39 is 30.1 Å². The summed E-state index contributed by atoms with van der Waals surface area (Å²) in [5.74, 6) is 0.635. The maximum Gasteiger partial charge on any atom is 0.174 e. The summed E-state index contributed by atoms with van der Waals surface area (Å²) in [6, 6.07) is 2.88. The summed E-state index contributed by atoms with van der Waals surface area (Å²) in [4.78, 5) is 12.9. The molecule has 3 fully saturated rings. The van der Waals surface area contributed by atoms with Crippen molar-refractivity contribution in [3.05, 3.63) is 23.3 Å². The van der Waals surface area contributed by atoms with Crippen molar-refractivity contribution in [3.63, 3.8) is 0 Å². The molecule has 2 heterocycles. The number of rotatable bonds is 2. The Morgan fingerprint density at radius 1 is 1.38 bits per heavy atom. The van der Waals surface area contributed by atoms with Crippen LogP contribution in [0.5, 0.6) is 11.5 Å². The van der Waals surface area contributed by atoms with E-state index in [2.05, 4.69) is 0 Å². The van der Waals surface area contributed by atoms with Crippen molar-refractivity contribution in [2.45, 2.75) is 61.7 Å². The highest BCUT2D eigenvalue weighted by Crippen LogP contribution is 2.65. The molecule has 138 valence electrons. The molecule has 0 aromatic heterocycles. The number of ketones is 1. The SMILES string of the molecule is [2H]C([2H])([2H])[N+]1(CC2CC2)CC[C@]23c4c5ccc(O)c4O[C@H]2C(=O)CC[C@@]3(O)[C@H]1C5. The summed E-state index contributed by atoms with van der Waals surface area (Å²) in [5, 5.41) is 22.7. The summed E-state index contributed by atoms with van der Waals surface area (Å²) < 4.78 is 31.4. The van der Waals surface area contributed by atoms with Crippen molar-refractivity contribution in [2.75, 3.05) is 20.1 Å². The zero-order valence-electron chi connectivity index (χ0n) is 17.7. The Morgan fingerprint density at radius 3 is 3.00 bits per heavy atom. The molecular weight excluding hydrogens is 330 g/mol. The molecule has 26 heavy (non-hydrogen) atoms. The predicted octanol–water partition coefficient (Wildman–Crippen LogP) is 1.67. The molecule has 2 aliphatic heterocycles. The van der Waals surface area contributed by atoms with Gasteiger partial charge in [0.05, 0.1) is 29.6 Å². The number of phenolic OH excluding ortho intramolecular Hbond substituents is 1. The number of ether oxygens (including phenoxy) is 1. The topological polar surface area (TPSA) is 66.8 Å². The van der Waals surface area contributed by atoms with Crippen molar-refractivity contribution in [1.29, 1.82) is 0 Å². The van der Waals surface area contributed by atoms with Gasteiger partial charge < -0.3 is 19.4 Å². The van der Waals surface area contributed by atoms with E-state index in [1.807, 2.05) is 6.07 Å². The van der Waals surface area contributed by atoms with Crippen LogP contribution in [0.1, 0.15) is 47.3 Å². The van der Waals surface area contributed by atoms with Crippen molar-refractivity contribution in [3.8, 4) is 11.5 Å². The van der Waals surface area contributed by atoms with Gasteiger partial charge in [0.2, 0.25) is 0 Å². The van der Waals surface area contributed by atoms with Gasteiger partial charge in [0, 0.05) is 30.7 Å². The van der Waals surface area contributed by atoms with E-state index in [0.717, 1.165) is 24.0 Å². The van der Waals surface area contributed by atoms with E-state index in [0.29, 0.717) is 37.6 Å². The molecule has 5 atom stereocenters. The number of carbonyl (C=O) groups is 1. The van der Waals surface area contributed by atoms with Gasteiger partial charge in [-0.2, -0.15) is 0 Å². The highest BCUT2D eigenvalue weighted by Gasteiger charge is 2.76. The van der Waals surface area contributed by atoms with Crippen LogP contribution in [0.2, 0.25) is 0 Å². The molecule has 6 rings (SSSR count). The number of hydrogen-bond acceptors (Lipinski definition) is 4. The van der Waals surface area contributed by atoms with Crippen LogP contribution in [-0.2, 0) is 16.6 Å². The zero-order valence-corrected chi connectivity index (χ0v) is 14.7. The van der Waals surface area contributed by atoms with Crippen LogP contribution in [0, 0.1) is 5.92 Å². The van der Waals surface area contributed by atoms with Gasteiger partial charge in [-0.3, -0.25) is 4.79 Å². The first-order valence-electron chi connectivity index (χ1n) is 11.3. The number of nitrogens with zero attached hydrogens (tertiary/aromatic N) is 1. The number of likely N-dealkylation sites (N-methyl/N-ethyl adjacent to an activating group) is 1. The summed E-state index contributed by atoms with van der Waals surface area (Å²) in [5.41, 5.74) is -0.624.